The first-order valence-electron chi connectivity index (χ1n) is 4.58. The fourth-order valence-corrected chi connectivity index (χ4v) is 2.24. The average Bonchev–Trinajstić information content (AvgIpc) is 2.90. The summed E-state index contributed by atoms with van der Waals surface area (Å²) >= 11 is 2.85. The highest BCUT2D eigenvalue weighted by molar-refractivity contribution is 7.13. The summed E-state index contributed by atoms with van der Waals surface area (Å²) in [6.07, 6.45) is 2.08. The fourth-order valence-electron chi connectivity index (χ4n) is 1.14. The molecular formula is C9H10N4OS2. The number of hydrogen-bond donors (Lipinski definition) is 2. The van der Waals surface area contributed by atoms with Gasteiger partial charge in [-0.1, -0.05) is 0 Å². The predicted molar refractivity (Wildman–Crippen MR) is 64.5 cm³/mol. The second-order valence-electron chi connectivity index (χ2n) is 3.12. The number of nitrogens with zero attached hydrogens (tertiary/aromatic N) is 2. The molecule has 16 heavy (non-hydrogen) atoms. The number of amides is 1. The van der Waals surface area contributed by atoms with E-state index in [4.69, 9.17) is 5.73 Å². The largest absolute Gasteiger partial charge is 0.320 e. The third-order valence-electron chi connectivity index (χ3n) is 1.91. The molecule has 5 nitrogen and oxygen atoms in total. The van der Waals surface area contributed by atoms with Crippen LogP contribution >= 0.6 is 22.7 Å². The summed E-state index contributed by atoms with van der Waals surface area (Å²) in [6.45, 7) is 0. The lowest BCUT2D eigenvalue weighted by molar-refractivity contribution is -0.117. The van der Waals surface area contributed by atoms with E-state index in [0.29, 0.717) is 11.6 Å². The molecule has 2 aromatic rings. The molecule has 0 aromatic carbocycles. The van der Waals surface area contributed by atoms with Crippen LogP contribution in [0.2, 0.25) is 0 Å². The van der Waals surface area contributed by atoms with Crippen LogP contribution in [-0.2, 0) is 11.2 Å². The summed E-state index contributed by atoms with van der Waals surface area (Å²) in [5, 5.41) is 6.90. The maximum absolute atomic E-state index is 11.6. The Morgan fingerprint density at radius 2 is 2.44 bits per heavy atom. The zero-order chi connectivity index (χ0) is 11.4. The number of rotatable bonds is 4. The fraction of sp³-hybridized carbons (Fsp3) is 0.222. The molecule has 0 unspecified atom stereocenters. The summed E-state index contributed by atoms with van der Waals surface area (Å²) in [5.74, 6) is -0.233. The van der Waals surface area contributed by atoms with Gasteiger partial charge >= 0.3 is 0 Å². The van der Waals surface area contributed by atoms with Gasteiger partial charge in [0.25, 0.3) is 0 Å². The second kappa shape index (κ2) is 5.15. The molecule has 1 atom stereocenters. The van der Waals surface area contributed by atoms with Crippen molar-refractivity contribution < 1.29 is 4.79 Å². The van der Waals surface area contributed by atoms with E-state index in [2.05, 4.69) is 15.3 Å². The molecule has 2 rings (SSSR count). The van der Waals surface area contributed by atoms with Crippen LogP contribution in [0.5, 0.6) is 0 Å². The van der Waals surface area contributed by atoms with Gasteiger partial charge in [-0.3, -0.25) is 4.79 Å². The second-order valence-corrected chi connectivity index (χ2v) is 4.73. The number of carbonyl (C=O) groups excluding carboxylic acids is 1. The standard InChI is InChI=1S/C9H10N4OS2/c10-7(3-6-4-15-5-12-6)8(14)13-9-11-1-2-16-9/h1-2,4-5,7H,3,10H2,(H,11,13,14)/t7-/m0/s1. The van der Waals surface area contributed by atoms with Crippen LogP contribution in [0, 0.1) is 0 Å². The number of nitrogens with one attached hydrogen (secondary N) is 1. The zero-order valence-corrected chi connectivity index (χ0v) is 9.92. The van der Waals surface area contributed by atoms with Crippen molar-refractivity contribution in [3.05, 3.63) is 28.2 Å². The lowest BCUT2D eigenvalue weighted by Crippen LogP contribution is -2.37. The smallest absolute Gasteiger partial charge is 0.243 e. The van der Waals surface area contributed by atoms with Gasteiger partial charge in [0.1, 0.15) is 0 Å². The molecule has 0 aliphatic rings. The van der Waals surface area contributed by atoms with Gasteiger partial charge in [-0.15, -0.1) is 22.7 Å². The maximum Gasteiger partial charge on any atom is 0.243 e. The summed E-state index contributed by atoms with van der Waals surface area (Å²) in [7, 11) is 0. The number of anilines is 1. The van der Waals surface area contributed by atoms with Gasteiger partial charge < -0.3 is 11.1 Å². The molecule has 0 saturated carbocycles. The highest BCUT2D eigenvalue weighted by atomic mass is 32.1. The summed E-state index contributed by atoms with van der Waals surface area (Å²) in [5.41, 5.74) is 8.32. The van der Waals surface area contributed by atoms with E-state index in [1.54, 1.807) is 17.1 Å². The minimum absolute atomic E-state index is 0.233. The van der Waals surface area contributed by atoms with Gasteiger partial charge in [-0.05, 0) is 0 Å². The topological polar surface area (TPSA) is 80.9 Å². The van der Waals surface area contributed by atoms with Gasteiger partial charge in [0.05, 0.1) is 17.2 Å². The van der Waals surface area contributed by atoms with Gasteiger partial charge in [0.15, 0.2) is 5.13 Å². The first-order valence-corrected chi connectivity index (χ1v) is 6.41. The van der Waals surface area contributed by atoms with Crippen LogP contribution in [-0.4, -0.2) is 21.9 Å². The first-order chi connectivity index (χ1) is 7.75. The predicted octanol–water partition coefficient (Wildman–Crippen LogP) is 1.11. The lowest BCUT2D eigenvalue weighted by Gasteiger charge is -2.08. The van der Waals surface area contributed by atoms with E-state index in [9.17, 15) is 4.79 Å². The Kier molecular flexibility index (Phi) is 3.60. The third kappa shape index (κ3) is 2.84. The molecule has 0 bridgehead atoms. The van der Waals surface area contributed by atoms with Gasteiger partial charge in [0, 0.05) is 23.4 Å². The molecule has 0 spiro atoms. The number of thiazole rings is 2. The normalized spacial score (nSPS) is 12.3. The molecule has 7 heteroatoms. The van der Waals surface area contributed by atoms with Crippen LogP contribution in [0.4, 0.5) is 5.13 Å². The van der Waals surface area contributed by atoms with Crippen LogP contribution in [0.1, 0.15) is 5.69 Å². The number of hydrogen-bond acceptors (Lipinski definition) is 6. The minimum atomic E-state index is -0.592. The SMILES string of the molecule is N[C@@H](Cc1cscn1)C(=O)Nc1nccs1. The molecule has 0 fully saturated rings. The summed E-state index contributed by atoms with van der Waals surface area (Å²) in [4.78, 5) is 19.7. The van der Waals surface area contributed by atoms with Gasteiger partial charge in [-0.2, -0.15) is 0 Å². The van der Waals surface area contributed by atoms with Crippen molar-refractivity contribution >= 4 is 33.7 Å². The van der Waals surface area contributed by atoms with Crippen LogP contribution in [0.15, 0.2) is 22.5 Å². The zero-order valence-electron chi connectivity index (χ0n) is 8.29. The summed E-state index contributed by atoms with van der Waals surface area (Å²) < 4.78 is 0. The monoisotopic (exact) mass is 254 g/mol. The quantitative estimate of drug-likeness (QED) is 0.856. The van der Waals surface area contributed by atoms with Crippen molar-refractivity contribution in [1.82, 2.24) is 9.97 Å². The highest BCUT2D eigenvalue weighted by Crippen LogP contribution is 2.11. The average molecular weight is 254 g/mol. The Morgan fingerprint density at radius 3 is 3.06 bits per heavy atom. The van der Waals surface area contributed by atoms with E-state index in [-0.39, 0.29) is 5.91 Å². The maximum atomic E-state index is 11.6. The van der Waals surface area contributed by atoms with Crippen LogP contribution < -0.4 is 11.1 Å². The van der Waals surface area contributed by atoms with E-state index in [1.807, 2.05) is 5.38 Å². The Morgan fingerprint density at radius 1 is 1.56 bits per heavy atom. The molecule has 0 aliphatic heterocycles. The Labute approximate surface area is 100 Å². The molecule has 84 valence electrons. The molecule has 0 saturated heterocycles. The number of carbonyl (C=O) groups is 1. The molecule has 0 aliphatic carbocycles. The van der Waals surface area contributed by atoms with Crippen molar-refractivity contribution in [1.29, 1.82) is 0 Å². The highest BCUT2D eigenvalue weighted by Gasteiger charge is 2.15. The van der Waals surface area contributed by atoms with Crippen LogP contribution in [0.25, 0.3) is 0 Å². The van der Waals surface area contributed by atoms with Crippen molar-refractivity contribution in [3.63, 3.8) is 0 Å². The summed E-state index contributed by atoms with van der Waals surface area (Å²) in [6, 6.07) is -0.592. The van der Waals surface area contributed by atoms with E-state index in [0.717, 1.165) is 5.69 Å². The van der Waals surface area contributed by atoms with Crippen LogP contribution in [0.3, 0.4) is 0 Å². The molecule has 0 radical (unpaired) electrons. The van der Waals surface area contributed by atoms with E-state index in [1.165, 1.54) is 22.7 Å². The lowest BCUT2D eigenvalue weighted by atomic mass is 10.2. The Balaban J connectivity index is 1.90. The van der Waals surface area contributed by atoms with Crippen molar-refractivity contribution in [3.8, 4) is 0 Å². The molecule has 2 heterocycles. The number of nitrogens with two attached hydrogens (primary N) is 1. The molecule has 2 aromatic heterocycles. The first kappa shape index (κ1) is 11.2. The number of aromatic nitrogens is 2. The van der Waals surface area contributed by atoms with Crippen molar-refractivity contribution in [2.24, 2.45) is 5.73 Å². The van der Waals surface area contributed by atoms with Gasteiger partial charge in [0.2, 0.25) is 5.91 Å². The Bertz CT molecular complexity index is 440. The third-order valence-corrected chi connectivity index (χ3v) is 3.24. The van der Waals surface area contributed by atoms with E-state index < -0.39 is 6.04 Å². The minimum Gasteiger partial charge on any atom is -0.320 e. The van der Waals surface area contributed by atoms with Gasteiger partial charge in [-0.25, -0.2) is 9.97 Å². The molecular weight excluding hydrogens is 244 g/mol. The van der Waals surface area contributed by atoms with Crippen molar-refractivity contribution in [2.45, 2.75) is 12.5 Å². The molecule has 1 amide bonds. The molecule has 3 N–H and O–H groups in total. The Hall–Kier alpha value is -1.31. The van der Waals surface area contributed by atoms with E-state index >= 15 is 0 Å². The van der Waals surface area contributed by atoms with Crippen molar-refractivity contribution in [2.75, 3.05) is 5.32 Å².